The molecule has 0 atom stereocenters. The van der Waals surface area contributed by atoms with Gasteiger partial charge in [-0.15, -0.1) is 0 Å². The molecule has 1 nitrogen and oxygen atoms in total. The molecule has 3 aliphatic rings. The van der Waals surface area contributed by atoms with E-state index in [2.05, 4.69) is 418 Å². The first-order chi connectivity index (χ1) is 57.9. The van der Waals surface area contributed by atoms with Crippen LogP contribution in [0.4, 0.5) is 0 Å². The first-order valence-electron chi connectivity index (χ1n) is 41.7. The van der Waals surface area contributed by atoms with Crippen molar-refractivity contribution in [2.24, 2.45) is 0 Å². The molecule has 0 amide bonds. The Morgan fingerprint density at radius 2 is 0.483 bits per heavy atom. The monoisotopic (exact) mass is 1500 g/mol. The van der Waals surface area contributed by atoms with Gasteiger partial charge in [-0.2, -0.15) is 0 Å². The van der Waals surface area contributed by atoms with Gasteiger partial charge in [-0.25, -0.2) is 0 Å². The highest BCUT2D eigenvalue weighted by Gasteiger charge is 2.43. The fourth-order valence-electron chi connectivity index (χ4n) is 22.5. The number of fused-ring (bicyclic) bond motifs is 28. The first kappa shape index (κ1) is 68.2. The molecule has 0 fully saturated rings. The van der Waals surface area contributed by atoms with Crippen LogP contribution in [0.5, 0.6) is 0 Å². The molecule has 0 saturated heterocycles. The quantitative estimate of drug-likeness (QED) is 0.119. The third-order valence-electron chi connectivity index (χ3n) is 27.3. The van der Waals surface area contributed by atoms with Crippen molar-refractivity contribution < 1.29 is 4.42 Å². The lowest BCUT2D eigenvalue weighted by atomic mass is 9.76. The Morgan fingerprint density at radius 1 is 0.169 bits per heavy atom. The van der Waals surface area contributed by atoms with Gasteiger partial charge in [0.1, 0.15) is 11.2 Å². The zero-order valence-corrected chi connectivity index (χ0v) is 66.7. The van der Waals surface area contributed by atoms with E-state index in [-0.39, 0.29) is 16.2 Å². The van der Waals surface area contributed by atoms with E-state index in [1.165, 1.54) is 236 Å². The maximum absolute atomic E-state index is 6.45. The molecule has 0 radical (unpaired) electrons. The normalized spacial score (nSPS) is 13.9. The van der Waals surface area contributed by atoms with E-state index in [0.717, 1.165) is 16.6 Å². The van der Waals surface area contributed by atoms with Crippen LogP contribution < -0.4 is 0 Å². The summed E-state index contributed by atoms with van der Waals surface area (Å²) in [5.74, 6) is 0. The highest BCUT2D eigenvalue weighted by atomic mass is 16.3. The molecule has 0 unspecified atom stereocenters. The van der Waals surface area contributed by atoms with E-state index in [4.69, 9.17) is 4.42 Å². The topological polar surface area (TPSA) is 13.1 Å². The van der Waals surface area contributed by atoms with Crippen LogP contribution in [-0.2, 0) is 16.2 Å². The van der Waals surface area contributed by atoms with Gasteiger partial charge in [0, 0.05) is 27.0 Å². The lowest BCUT2D eigenvalue weighted by Crippen LogP contribution is -2.17. The molecule has 1 heteroatoms. The van der Waals surface area contributed by atoms with Crippen molar-refractivity contribution in [3.05, 3.63) is 409 Å². The van der Waals surface area contributed by atoms with E-state index in [0.29, 0.717) is 0 Å². The van der Waals surface area contributed by atoms with Crippen molar-refractivity contribution >= 4 is 119 Å². The Kier molecular flexibility index (Phi) is 14.7. The average molecular weight is 1500 g/mol. The maximum Gasteiger partial charge on any atom is 0.136 e. The van der Waals surface area contributed by atoms with Crippen molar-refractivity contribution in [3.63, 3.8) is 0 Å². The van der Waals surface area contributed by atoms with E-state index in [1.54, 1.807) is 0 Å². The summed E-state index contributed by atoms with van der Waals surface area (Å²) in [6, 6.07) is 140. The zero-order valence-electron chi connectivity index (χ0n) is 66.7. The van der Waals surface area contributed by atoms with Gasteiger partial charge in [-0.1, -0.05) is 381 Å². The molecule has 3 aliphatic carbocycles. The van der Waals surface area contributed by atoms with Crippen molar-refractivity contribution in [3.8, 4) is 100 Å². The van der Waals surface area contributed by atoms with Gasteiger partial charge in [-0.3, -0.25) is 0 Å². The minimum atomic E-state index is -0.213. The molecular formula is C117H80O. The summed E-state index contributed by atoms with van der Waals surface area (Å²) in [7, 11) is 0. The van der Waals surface area contributed by atoms with E-state index in [1.807, 2.05) is 0 Å². The van der Waals surface area contributed by atoms with Gasteiger partial charge >= 0.3 is 0 Å². The molecule has 0 saturated carbocycles. The molecule has 0 aliphatic heterocycles. The Morgan fingerprint density at radius 3 is 0.941 bits per heavy atom. The Bertz CT molecular complexity index is 8040. The van der Waals surface area contributed by atoms with Crippen LogP contribution in [0, 0.1) is 0 Å². The van der Waals surface area contributed by atoms with Crippen LogP contribution in [0.3, 0.4) is 0 Å². The smallest absolute Gasteiger partial charge is 0.136 e. The fraction of sp³-hybridized carbons (Fsp3) is 0.0769. The molecule has 0 bridgehead atoms. The van der Waals surface area contributed by atoms with Crippen LogP contribution in [0.25, 0.3) is 219 Å². The van der Waals surface area contributed by atoms with E-state index in [9.17, 15) is 0 Å². The maximum atomic E-state index is 6.45. The molecular weight excluding hydrogens is 1420 g/mol. The van der Waals surface area contributed by atoms with Crippen molar-refractivity contribution in [2.75, 3.05) is 0 Å². The molecule has 0 spiro atoms. The summed E-state index contributed by atoms with van der Waals surface area (Å²) >= 11 is 0. The largest absolute Gasteiger partial charge is 0.456 e. The molecule has 0 N–H and O–H groups in total. The summed E-state index contributed by atoms with van der Waals surface area (Å²) < 4.78 is 6.45. The van der Waals surface area contributed by atoms with Gasteiger partial charge in [0.05, 0.1) is 0 Å². The van der Waals surface area contributed by atoms with Crippen molar-refractivity contribution in [1.82, 2.24) is 0 Å². The second kappa shape index (κ2) is 25.4. The third kappa shape index (κ3) is 9.68. The zero-order chi connectivity index (χ0) is 78.6. The Hall–Kier alpha value is -14.2. The Labute approximate surface area is 686 Å². The molecule has 118 heavy (non-hydrogen) atoms. The lowest BCUT2D eigenvalue weighted by Gasteiger charge is -2.26. The fourth-order valence-corrected chi connectivity index (χ4v) is 22.5. The van der Waals surface area contributed by atoms with Crippen LogP contribution in [0.1, 0.15) is 74.9 Å². The first-order valence-corrected chi connectivity index (χ1v) is 41.7. The molecule has 25 rings (SSSR count). The number of rotatable bonds is 6. The molecule has 554 valence electrons. The second-order valence-corrected chi connectivity index (χ2v) is 34.6. The third-order valence-corrected chi connectivity index (χ3v) is 27.3. The van der Waals surface area contributed by atoms with Gasteiger partial charge < -0.3 is 4.42 Å². The minimum absolute atomic E-state index is 0.0678. The highest BCUT2D eigenvalue weighted by molar-refractivity contribution is 6.27. The lowest BCUT2D eigenvalue weighted by molar-refractivity contribution is 0.660. The number of furan rings is 1. The Balaban J connectivity index is 0.000000135. The summed E-state index contributed by atoms with van der Waals surface area (Å²) in [6.07, 6.45) is 0. The van der Waals surface area contributed by atoms with Crippen molar-refractivity contribution in [2.45, 2.75) is 57.8 Å². The second-order valence-electron chi connectivity index (χ2n) is 34.6. The summed E-state index contributed by atoms with van der Waals surface area (Å²) in [5.41, 5.74) is 33.1. The highest BCUT2D eigenvalue weighted by Crippen LogP contribution is 2.61. The number of hydrogen-bond acceptors (Lipinski definition) is 1. The molecule has 21 aromatic carbocycles. The predicted molar refractivity (Wildman–Crippen MR) is 503 cm³/mol. The van der Waals surface area contributed by atoms with Gasteiger partial charge in [0.25, 0.3) is 0 Å². The van der Waals surface area contributed by atoms with Crippen LogP contribution in [0.2, 0.25) is 0 Å². The number of benzene rings is 21. The summed E-state index contributed by atoms with van der Waals surface area (Å²) in [6.45, 7) is 14.5. The van der Waals surface area contributed by atoms with E-state index < -0.39 is 0 Å². The summed E-state index contributed by atoms with van der Waals surface area (Å²) in [4.78, 5) is 0. The van der Waals surface area contributed by atoms with Gasteiger partial charge in [0.2, 0.25) is 0 Å². The van der Waals surface area contributed by atoms with Gasteiger partial charge in [0.15, 0.2) is 0 Å². The standard InChI is InChI=1S/C59H38O.C58H42/c1-59(2)57-40(27-14-28-49(57)56-43-21-7-5-19-41(43)42-20-6-12-26-48(42)58(56)59)36-16-13-17-37(33-36)53-44-22-8-10-24-46(44)54(47-25-11-9-23-45(47)53)38-30-31-51-50(34-38)55-39-18-4-3-15-35(39)29-32-52(55)60-51;1-57(2)50-30-14-13-21-41(50)42-32-31-37(34-51(42)57)53-46-25-10-8-23-44(46)52(45-24-9-11-26-47(45)53)36-18-15-17-35(33-36)38-28-16-29-49-54-43-22-7-5-19-39(43)40-20-6-12-27-48(40)56(54)58(3,4)55(38)49/h3-34H,1-2H3;5-34H,1-4H3. The van der Waals surface area contributed by atoms with Gasteiger partial charge in [-0.05, 0) is 267 Å². The number of hydrogen-bond donors (Lipinski definition) is 0. The van der Waals surface area contributed by atoms with Crippen LogP contribution >= 0.6 is 0 Å². The van der Waals surface area contributed by atoms with E-state index >= 15 is 0 Å². The SMILES string of the molecule is CC1(C)c2c(-c3cccc(-c4c5ccccc5c(-c5ccc6oc7ccc8ccccc8c7c6c5)c5ccccc45)c3)cccc2-c2c1c1ccccc1c1ccccc21.CC1(C)c2ccccc2-c2ccc(-c3c4ccccc4c(-c4cccc(-c5cccc6c5C(C)(C)c5c-6c6ccccc6c6ccccc56)c4)c4ccccc34)cc21. The molecule has 1 heterocycles. The average Bonchev–Trinajstić information content (AvgIpc) is 1.52. The minimum Gasteiger partial charge on any atom is -0.456 e. The molecule has 22 aromatic rings. The molecule has 1 aromatic heterocycles. The van der Waals surface area contributed by atoms with Crippen molar-refractivity contribution in [1.29, 1.82) is 0 Å². The predicted octanol–water partition coefficient (Wildman–Crippen LogP) is 32.6. The van der Waals surface area contributed by atoms with Crippen LogP contribution in [-0.4, -0.2) is 0 Å². The summed E-state index contributed by atoms with van der Waals surface area (Å²) in [5, 5.41) is 25.5. The van der Waals surface area contributed by atoms with Crippen LogP contribution in [0.15, 0.2) is 381 Å².